The van der Waals surface area contributed by atoms with Gasteiger partial charge in [0.05, 0.1) is 0 Å². The molecule has 0 unspecified atom stereocenters. The van der Waals surface area contributed by atoms with Gasteiger partial charge in [0.2, 0.25) is 0 Å². The van der Waals surface area contributed by atoms with E-state index < -0.39 is 28.3 Å². The van der Waals surface area contributed by atoms with Crippen molar-refractivity contribution >= 4 is 22.2 Å². The minimum atomic E-state index is -4.14. The highest BCUT2D eigenvalue weighted by atomic mass is 32.2. The van der Waals surface area contributed by atoms with Crippen molar-refractivity contribution in [2.75, 3.05) is 39.4 Å². The molecule has 55 heavy (non-hydrogen) atoms. The van der Waals surface area contributed by atoms with Crippen LogP contribution in [-0.4, -0.2) is 70.8 Å². The highest BCUT2D eigenvalue weighted by molar-refractivity contribution is 7.84. The van der Waals surface area contributed by atoms with E-state index >= 15 is 0 Å². The molecule has 0 aromatic rings. The normalized spacial score (nSPS) is 12.2. The van der Waals surface area contributed by atoms with Gasteiger partial charge in [-0.15, -0.1) is 0 Å². The molecule has 9 nitrogen and oxygen atoms in total. The monoisotopic (exact) mass is 799 g/mol. The van der Waals surface area contributed by atoms with Crippen LogP contribution in [0, 0.1) is 0 Å². The molecule has 0 saturated carbocycles. The average Bonchev–Trinajstić information content (AvgIpc) is 3.17. The summed E-state index contributed by atoms with van der Waals surface area (Å²) in [6.45, 7) is 10.3. The highest BCUT2D eigenvalue weighted by Gasteiger charge is 2.23. The summed E-state index contributed by atoms with van der Waals surface area (Å²) in [4.78, 5) is 27.1. The standard InChI is InChI=1S/C45H86N2O7S/c1-5-9-11-13-15-17-19-21-23-25-27-29-31-33-35-37-44(48)52-41-43(54-55(50,51)46-39-40-47(7-3)8-4)42-53-45(49)38-36-34-32-30-28-26-24-22-20-18-16-14-12-10-6-2/h21-24,43,46H,5-20,25-42H2,1-4H3/b23-21-,24-22-. The second-order valence-electron chi connectivity index (χ2n) is 15.1. The molecule has 0 aromatic heterocycles. The van der Waals surface area contributed by atoms with Crippen molar-refractivity contribution < 1.29 is 31.7 Å². The first-order chi connectivity index (χ1) is 26.8. The van der Waals surface area contributed by atoms with Gasteiger partial charge >= 0.3 is 22.2 Å². The molecule has 0 fully saturated rings. The van der Waals surface area contributed by atoms with E-state index in [0.717, 1.165) is 77.3 Å². The van der Waals surface area contributed by atoms with E-state index in [1.807, 2.05) is 13.8 Å². The van der Waals surface area contributed by atoms with Gasteiger partial charge in [-0.25, -0.2) is 4.18 Å². The van der Waals surface area contributed by atoms with Crippen molar-refractivity contribution in [3.63, 3.8) is 0 Å². The number of hydrogen-bond acceptors (Lipinski definition) is 8. The van der Waals surface area contributed by atoms with Crippen molar-refractivity contribution in [2.24, 2.45) is 0 Å². The largest absolute Gasteiger partial charge is 0.463 e. The van der Waals surface area contributed by atoms with Gasteiger partial charge in [-0.05, 0) is 77.3 Å². The molecule has 0 saturated heterocycles. The Bertz CT molecular complexity index is 974. The summed E-state index contributed by atoms with van der Waals surface area (Å²) in [6, 6.07) is 0. The summed E-state index contributed by atoms with van der Waals surface area (Å²) in [5.41, 5.74) is 0. The Morgan fingerprint density at radius 3 is 1.24 bits per heavy atom. The Kier molecular flexibility index (Phi) is 39.2. The number of carbonyl (C=O) groups excluding carboxylic acids is 2. The average molecular weight is 799 g/mol. The molecular weight excluding hydrogens is 713 g/mol. The Balaban J connectivity index is 4.39. The summed E-state index contributed by atoms with van der Waals surface area (Å²) in [7, 11) is -4.14. The van der Waals surface area contributed by atoms with Crippen LogP contribution in [0.4, 0.5) is 0 Å². The minimum absolute atomic E-state index is 0.182. The Labute approximate surface area is 339 Å². The third kappa shape index (κ3) is 38.9. The van der Waals surface area contributed by atoms with Crippen molar-refractivity contribution in [3.8, 4) is 0 Å². The quantitative estimate of drug-likeness (QED) is 0.0369. The Morgan fingerprint density at radius 1 is 0.527 bits per heavy atom. The number of esters is 2. The molecule has 1 N–H and O–H groups in total. The fourth-order valence-corrected chi connectivity index (χ4v) is 7.26. The molecule has 324 valence electrons. The maximum absolute atomic E-state index is 12.7. The topological polar surface area (TPSA) is 111 Å². The number of carbonyl (C=O) groups is 2. The number of hydrogen-bond donors (Lipinski definition) is 1. The Morgan fingerprint density at radius 2 is 0.873 bits per heavy atom. The van der Waals surface area contributed by atoms with E-state index in [1.165, 1.54) is 89.9 Å². The van der Waals surface area contributed by atoms with Gasteiger partial charge in [0.25, 0.3) is 0 Å². The molecular formula is C45H86N2O7S. The van der Waals surface area contributed by atoms with Crippen LogP contribution >= 0.6 is 0 Å². The van der Waals surface area contributed by atoms with Crippen molar-refractivity contribution in [1.82, 2.24) is 9.62 Å². The van der Waals surface area contributed by atoms with Crippen molar-refractivity contribution in [2.45, 2.75) is 214 Å². The number of allylic oxidation sites excluding steroid dienone is 4. The summed E-state index contributed by atoms with van der Waals surface area (Å²) < 4.78 is 44.0. The first kappa shape index (κ1) is 53.2. The van der Waals surface area contributed by atoms with Crippen LogP contribution in [-0.2, 0) is 33.6 Å². The zero-order chi connectivity index (χ0) is 40.5. The number of unbranched alkanes of at least 4 members (excludes halogenated alkanes) is 22. The Hall–Kier alpha value is -1.75. The second kappa shape index (κ2) is 40.4. The summed E-state index contributed by atoms with van der Waals surface area (Å²) in [6.07, 6.45) is 39.2. The van der Waals surface area contributed by atoms with E-state index in [9.17, 15) is 18.0 Å². The molecule has 0 radical (unpaired) electrons. The lowest BCUT2D eigenvalue weighted by atomic mass is 10.1. The third-order valence-electron chi connectivity index (χ3n) is 10.0. The molecule has 0 aromatic carbocycles. The lowest BCUT2D eigenvalue weighted by Gasteiger charge is -2.20. The predicted octanol–water partition coefficient (Wildman–Crippen LogP) is 11.7. The molecule has 10 heteroatoms. The number of nitrogens with one attached hydrogen (secondary N) is 1. The lowest BCUT2D eigenvalue weighted by molar-refractivity contribution is -0.151. The molecule has 0 rings (SSSR count). The van der Waals surface area contributed by atoms with Crippen LogP contribution in [0.1, 0.15) is 207 Å². The van der Waals surface area contributed by atoms with Crippen LogP contribution in [0.3, 0.4) is 0 Å². The molecule has 0 aliphatic heterocycles. The first-order valence-electron chi connectivity index (χ1n) is 22.8. The van der Waals surface area contributed by atoms with Gasteiger partial charge in [0.15, 0.2) is 0 Å². The van der Waals surface area contributed by atoms with E-state index in [1.54, 1.807) is 0 Å². The lowest BCUT2D eigenvalue weighted by Crippen LogP contribution is -2.39. The maximum Gasteiger partial charge on any atom is 0.336 e. The number of likely N-dealkylation sites (N-methyl/N-ethyl adjacent to an activating group) is 1. The maximum atomic E-state index is 12.7. The number of rotatable bonds is 42. The minimum Gasteiger partial charge on any atom is -0.463 e. The van der Waals surface area contributed by atoms with Gasteiger partial charge in [0.1, 0.15) is 19.3 Å². The zero-order valence-electron chi connectivity index (χ0n) is 36.1. The fourth-order valence-electron chi connectivity index (χ4n) is 6.38. The van der Waals surface area contributed by atoms with Crippen LogP contribution < -0.4 is 4.72 Å². The third-order valence-corrected chi connectivity index (χ3v) is 11.1. The molecule has 0 aliphatic rings. The molecule has 0 aliphatic carbocycles. The van der Waals surface area contributed by atoms with E-state index in [-0.39, 0.29) is 32.6 Å². The van der Waals surface area contributed by atoms with Gasteiger partial charge in [-0.1, -0.05) is 155 Å². The van der Waals surface area contributed by atoms with Gasteiger partial charge in [0, 0.05) is 25.9 Å². The summed E-state index contributed by atoms with van der Waals surface area (Å²) in [5.74, 6) is -0.810. The zero-order valence-corrected chi connectivity index (χ0v) is 37.0. The van der Waals surface area contributed by atoms with Gasteiger partial charge in [-0.2, -0.15) is 13.1 Å². The molecule has 0 spiro atoms. The van der Waals surface area contributed by atoms with E-state index in [0.29, 0.717) is 19.4 Å². The number of nitrogens with zero attached hydrogens (tertiary/aromatic N) is 1. The molecule has 0 bridgehead atoms. The second-order valence-corrected chi connectivity index (χ2v) is 16.5. The van der Waals surface area contributed by atoms with Gasteiger partial charge in [-0.3, -0.25) is 9.59 Å². The van der Waals surface area contributed by atoms with Crippen LogP contribution in [0.5, 0.6) is 0 Å². The van der Waals surface area contributed by atoms with Crippen LogP contribution in [0.15, 0.2) is 24.3 Å². The summed E-state index contributed by atoms with van der Waals surface area (Å²) >= 11 is 0. The highest BCUT2D eigenvalue weighted by Crippen LogP contribution is 2.13. The van der Waals surface area contributed by atoms with E-state index in [2.05, 4.69) is 47.8 Å². The number of ether oxygens (including phenoxy) is 2. The molecule has 0 heterocycles. The molecule has 0 atom stereocenters. The van der Waals surface area contributed by atoms with Gasteiger partial charge < -0.3 is 14.4 Å². The van der Waals surface area contributed by atoms with Crippen molar-refractivity contribution in [3.05, 3.63) is 24.3 Å². The van der Waals surface area contributed by atoms with Crippen LogP contribution in [0.25, 0.3) is 0 Å². The molecule has 0 amide bonds. The van der Waals surface area contributed by atoms with Crippen LogP contribution in [0.2, 0.25) is 0 Å². The predicted molar refractivity (Wildman–Crippen MR) is 230 cm³/mol. The summed E-state index contributed by atoms with van der Waals surface area (Å²) in [5, 5.41) is 0. The smallest absolute Gasteiger partial charge is 0.336 e. The van der Waals surface area contributed by atoms with Crippen molar-refractivity contribution in [1.29, 1.82) is 0 Å². The van der Waals surface area contributed by atoms with E-state index in [4.69, 9.17) is 13.7 Å². The first-order valence-corrected chi connectivity index (χ1v) is 24.2. The SMILES string of the molecule is CCCCCCCC/C=C\CCCCCCCC(=O)OCC(COC(=O)CCCCCCC/C=C\CCCCCCCC)OS(=O)(=O)NCCN(CC)CC. The fraction of sp³-hybridized carbons (Fsp3) is 0.867.